The summed E-state index contributed by atoms with van der Waals surface area (Å²) in [5, 5.41) is 8.87. The molecule has 0 aromatic rings. The Bertz CT molecular complexity index is 246. The van der Waals surface area contributed by atoms with Gasteiger partial charge in [0.1, 0.15) is 11.9 Å². The lowest BCUT2D eigenvalue weighted by molar-refractivity contribution is -0.125. The minimum Gasteiger partial charge on any atom is -0.492 e. The van der Waals surface area contributed by atoms with Crippen LogP contribution in [0.3, 0.4) is 0 Å². The lowest BCUT2D eigenvalue weighted by Crippen LogP contribution is -2.29. The van der Waals surface area contributed by atoms with Crippen LogP contribution in [0, 0.1) is 0 Å². The minimum atomic E-state index is -0.124. The van der Waals surface area contributed by atoms with Crippen LogP contribution >= 0.6 is 0 Å². The van der Waals surface area contributed by atoms with Crippen molar-refractivity contribution in [2.45, 2.75) is 32.8 Å². The van der Waals surface area contributed by atoms with E-state index >= 15 is 0 Å². The Morgan fingerprint density at radius 2 is 2.27 bits per heavy atom. The molecule has 1 unspecified atom stereocenters. The smallest absolute Gasteiger partial charge is 0.249 e. The van der Waals surface area contributed by atoms with E-state index < -0.39 is 0 Å². The van der Waals surface area contributed by atoms with Crippen LogP contribution in [0.15, 0.2) is 11.8 Å². The van der Waals surface area contributed by atoms with Gasteiger partial charge in [0.2, 0.25) is 5.91 Å². The monoisotopic (exact) mass is 213 g/mol. The van der Waals surface area contributed by atoms with E-state index in [0.717, 1.165) is 12.8 Å². The molecule has 0 saturated carbocycles. The van der Waals surface area contributed by atoms with E-state index in [1.54, 1.807) is 11.0 Å². The summed E-state index contributed by atoms with van der Waals surface area (Å²) in [4.78, 5) is 13.4. The lowest BCUT2D eigenvalue weighted by atomic mass is 10.2. The second-order valence-corrected chi connectivity index (χ2v) is 3.58. The molecule has 0 spiro atoms. The van der Waals surface area contributed by atoms with Crippen molar-refractivity contribution in [3.8, 4) is 0 Å². The predicted octanol–water partition coefficient (Wildman–Crippen LogP) is 0.910. The SMILES string of the molecule is CCN(CC)C(=O)/C=C1/CCC(CO)O1. The molecule has 4 nitrogen and oxygen atoms in total. The van der Waals surface area contributed by atoms with E-state index in [9.17, 15) is 4.79 Å². The number of hydrogen-bond donors (Lipinski definition) is 1. The molecule has 1 N–H and O–H groups in total. The topological polar surface area (TPSA) is 49.8 Å². The summed E-state index contributed by atoms with van der Waals surface area (Å²) >= 11 is 0. The quantitative estimate of drug-likeness (QED) is 0.706. The van der Waals surface area contributed by atoms with Crippen LogP contribution in [0.2, 0.25) is 0 Å². The Hall–Kier alpha value is -1.03. The molecule has 1 heterocycles. The molecule has 0 aromatic carbocycles. The van der Waals surface area contributed by atoms with Gasteiger partial charge in [-0.1, -0.05) is 0 Å². The standard InChI is InChI=1S/C11H19NO3/c1-3-12(4-2)11(14)7-9-5-6-10(8-13)15-9/h7,10,13H,3-6,8H2,1-2H3/b9-7-. The van der Waals surface area contributed by atoms with Gasteiger partial charge in [0.25, 0.3) is 0 Å². The summed E-state index contributed by atoms with van der Waals surface area (Å²) in [6.07, 6.45) is 2.97. The largest absolute Gasteiger partial charge is 0.492 e. The number of likely N-dealkylation sites (N-methyl/N-ethyl adjacent to an activating group) is 1. The number of carbonyl (C=O) groups is 1. The highest BCUT2D eigenvalue weighted by Crippen LogP contribution is 2.22. The highest BCUT2D eigenvalue weighted by Gasteiger charge is 2.21. The van der Waals surface area contributed by atoms with Gasteiger partial charge in [-0.2, -0.15) is 0 Å². The summed E-state index contributed by atoms with van der Waals surface area (Å²) < 4.78 is 5.38. The number of amides is 1. The van der Waals surface area contributed by atoms with Gasteiger partial charge in [-0.15, -0.1) is 0 Å². The molecule has 86 valence electrons. The highest BCUT2D eigenvalue weighted by atomic mass is 16.5. The third-order valence-corrected chi connectivity index (χ3v) is 2.59. The first-order chi connectivity index (χ1) is 7.21. The van der Waals surface area contributed by atoms with Crippen molar-refractivity contribution >= 4 is 5.91 Å². The van der Waals surface area contributed by atoms with Gasteiger partial charge in [-0.25, -0.2) is 0 Å². The lowest BCUT2D eigenvalue weighted by Gasteiger charge is -2.16. The molecule has 1 atom stereocenters. The van der Waals surface area contributed by atoms with E-state index in [1.807, 2.05) is 13.8 Å². The number of aliphatic hydroxyl groups is 1. The third kappa shape index (κ3) is 3.23. The van der Waals surface area contributed by atoms with Crippen molar-refractivity contribution in [1.29, 1.82) is 0 Å². The molecule has 0 aromatic heterocycles. The number of allylic oxidation sites excluding steroid dienone is 1. The molecule has 15 heavy (non-hydrogen) atoms. The molecule has 1 amide bonds. The number of carbonyl (C=O) groups excluding carboxylic acids is 1. The maximum absolute atomic E-state index is 11.7. The van der Waals surface area contributed by atoms with E-state index in [0.29, 0.717) is 18.8 Å². The van der Waals surface area contributed by atoms with Crippen LogP contribution in [0.1, 0.15) is 26.7 Å². The molecule has 0 bridgehead atoms. The summed E-state index contributed by atoms with van der Waals surface area (Å²) in [5.41, 5.74) is 0. The van der Waals surface area contributed by atoms with Crippen molar-refractivity contribution < 1.29 is 14.6 Å². The zero-order valence-electron chi connectivity index (χ0n) is 9.40. The number of aliphatic hydroxyl groups excluding tert-OH is 1. The Balaban J connectivity index is 2.52. The molecule has 1 aliphatic heterocycles. The summed E-state index contributed by atoms with van der Waals surface area (Å²) in [7, 11) is 0. The van der Waals surface area contributed by atoms with Crippen molar-refractivity contribution in [2.24, 2.45) is 0 Å². The van der Waals surface area contributed by atoms with Gasteiger partial charge < -0.3 is 14.7 Å². The zero-order chi connectivity index (χ0) is 11.3. The van der Waals surface area contributed by atoms with Crippen molar-refractivity contribution in [1.82, 2.24) is 4.90 Å². The molecule has 1 saturated heterocycles. The van der Waals surface area contributed by atoms with E-state index in [2.05, 4.69) is 0 Å². The highest BCUT2D eigenvalue weighted by molar-refractivity contribution is 5.88. The fourth-order valence-corrected chi connectivity index (χ4v) is 1.63. The predicted molar refractivity (Wildman–Crippen MR) is 57.2 cm³/mol. The Labute approximate surface area is 90.5 Å². The van der Waals surface area contributed by atoms with E-state index in [4.69, 9.17) is 9.84 Å². The molecule has 1 fully saturated rings. The summed E-state index contributed by atoms with van der Waals surface area (Å²) in [6, 6.07) is 0. The van der Waals surface area contributed by atoms with Gasteiger partial charge in [-0.3, -0.25) is 4.79 Å². The molecule has 1 rings (SSSR count). The Kier molecular flexibility index (Phi) is 4.62. The van der Waals surface area contributed by atoms with Gasteiger partial charge in [0.15, 0.2) is 0 Å². The minimum absolute atomic E-state index is 0.00594. The normalized spacial score (nSPS) is 22.9. The first kappa shape index (κ1) is 12.0. The zero-order valence-corrected chi connectivity index (χ0v) is 9.40. The van der Waals surface area contributed by atoms with Crippen molar-refractivity contribution in [3.05, 3.63) is 11.8 Å². The van der Waals surface area contributed by atoms with Gasteiger partial charge in [-0.05, 0) is 20.3 Å². The number of rotatable bonds is 4. The maximum atomic E-state index is 11.7. The molecule has 4 heteroatoms. The van der Waals surface area contributed by atoms with Crippen LogP contribution in [-0.2, 0) is 9.53 Å². The molecular weight excluding hydrogens is 194 g/mol. The number of nitrogens with zero attached hydrogens (tertiary/aromatic N) is 1. The number of ether oxygens (including phenoxy) is 1. The summed E-state index contributed by atoms with van der Waals surface area (Å²) in [5.74, 6) is 0.694. The third-order valence-electron chi connectivity index (χ3n) is 2.59. The maximum Gasteiger partial charge on any atom is 0.249 e. The average Bonchev–Trinajstić information content (AvgIpc) is 2.67. The van der Waals surface area contributed by atoms with Gasteiger partial charge in [0, 0.05) is 25.6 Å². The second-order valence-electron chi connectivity index (χ2n) is 3.58. The Morgan fingerprint density at radius 1 is 1.60 bits per heavy atom. The van der Waals surface area contributed by atoms with Crippen LogP contribution in [0.4, 0.5) is 0 Å². The fraction of sp³-hybridized carbons (Fsp3) is 0.727. The second kappa shape index (κ2) is 5.75. The van der Waals surface area contributed by atoms with Gasteiger partial charge in [0.05, 0.1) is 6.61 Å². The van der Waals surface area contributed by atoms with Crippen molar-refractivity contribution in [3.63, 3.8) is 0 Å². The van der Waals surface area contributed by atoms with E-state index in [-0.39, 0.29) is 18.6 Å². The van der Waals surface area contributed by atoms with Crippen LogP contribution in [0.25, 0.3) is 0 Å². The van der Waals surface area contributed by atoms with Crippen LogP contribution in [0.5, 0.6) is 0 Å². The van der Waals surface area contributed by atoms with Gasteiger partial charge >= 0.3 is 0 Å². The van der Waals surface area contributed by atoms with Crippen molar-refractivity contribution in [2.75, 3.05) is 19.7 Å². The first-order valence-electron chi connectivity index (χ1n) is 5.48. The molecule has 1 aliphatic rings. The molecular formula is C11H19NO3. The summed E-state index contributed by atoms with van der Waals surface area (Å²) in [6.45, 7) is 5.35. The van der Waals surface area contributed by atoms with Crippen LogP contribution < -0.4 is 0 Å². The first-order valence-corrected chi connectivity index (χ1v) is 5.48. The Morgan fingerprint density at radius 3 is 2.73 bits per heavy atom. The number of hydrogen-bond acceptors (Lipinski definition) is 3. The van der Waals surface area contributed by atoms with E-state index in [1.165, 1.54) is 0 Å². The van der Waals surface area contributed by atoms with Crippen LogP contribution in [-0.4, -0.2) is 41.7 Å². The molecule has 0 radical (unpaired) electrons. The fourth-order valence-electron chi connectivity index (χ4n) is 1.63. The average molecular weight is 213 g/mol. The molecule has 0 aliphatic carbocycles.